The second-order valence-electron chi connectivity index (χ2n) is 19.3. The largest absolute Gasteiger partial charge is 0.208 e. The molecule has 13 rings (SSSR count). The molecule has 4 aliphatic carbocycles. The summed E-state index contributed by atoms with van der Waals surface area (Å²) < 4.78 is 0. The van der Waals surface area contributed by atoms with Gasteiger partial charge in [-0.25, -0.2) is 15.0 Å². The molecule has 4 aliphatic rings. The molecule has 0 unspecified atom stereocenters. The molecule has 0 atom stereocenters. The molecule has 0 aliphatic heterocycles. The second kappa shape index (κ2) is 15.7. The molecule has 8 aromatic carbocycles. The van der Waals surface area contributed by atoms with Gasteiger partial charge >= 0.3 is 0 Å². The third kappa shape index (κ3) is 6.35. The van der Waals surface area contributed by atoms with Gasteiger partial charge < -0.3 is 0 Å². The first-order chi connectivity index (χ1) is 32.6. The first-order valence-electron chi connectivity index (χ1n) is 24.3. The molecule has 9 aromatic rings. The predicted molar refractivity (Wildman–Crippen MR) is 271 cm³/mol. The Balaban J connectivity index is 0.878. The van der Waals surface area contributed by atoms with Gasteiger partial charge in [0.15, 0.2) is 17.5 Å². The number of hydrogen-bond acceptors (Lipinski definition) is 3. The summed E-state index contributed by atoms with van der Waals surface area (Å²) in [7, 11) is 0. The van der Waals surface area contributed by atoms with E-state index < -0.39 is 0 Å². The molecule has 1 aromatic heterocycles. The fourth-order valence-corrected chi connectivity index (χ4v) is 12.5. The van der Waals surface area contributed by atoms with E-state index in [0.29, 0.717) is 17.5 Å². The molecule has 1 heterocycles. The predicted octanol–water partition coefficient (Wildman–Crippen LogP) is 16.3. The normalized spacial score (nSPS) is 16.1. The molecule has 2 fully saturated rings. The molecule has 2 spiro atoms. The Morgan fingerprint density at radius 2 is 0.621 bits per heavy atom. The maximum absolute atomic E-state index is 5.13. The monoisotopic (exact) mass is 849 g/mol. The van der Waals surface area contributed by atoms with Gasteiger partial charge in [0.05, 0.1) is 0 Å². The van der Waals surface area contributed by atoms with E-state index in [9.17, 15) is 0 Å². The van der Waals surface area contributed by atoms with Crippen LogP contribution in [0.2, 0.25) is 0 Å². The fraction of sp³-hybridized carbons (Fsp3) is 0.190. The number of hydrogen-bond donors (Lipinski definition) is 0. The van der Waals surface area contributed by atoms with Crippen LogP contribution in [0.4, 0.5) is 0 Å². The summed E-state index contributed by atoms with van der Waals surface area (Å²) in [4.78, 5) is 15.2. The summed E-state index contributed by atoms with van der Waals surface area (Å²) in [6.07, 6.45) is 12.9. The lowest BCUT2D eigenvalue weighted by atomic mass is 9.66. The van der Waals surface area contributed by atoms with Crippen molar-refractivity contribution >= 4 is 0 Å². The van der Waals surface area contributed by atoms with Crippen LogP contribution in [0.5, 0.6) is 0 Å². The molecule has 0 radical (unpaired) electrons. The Morgan fingerprint density at radius 1 is 0.242 bits per heavy atom. The number of aromatic nitrogens is 3. The summed E-state index contributed by atoms with van der Waals surface area (Å²) in [5, 5.41) is 0. The molecule has 0 saturated heterocycles. The van der Waals surface area contributed by atoms with Gasteiger partial charge in [0.1, 0.15) is 0 Å². The molecule has 318 valence electrons. The minimum Gasteiger partial charge on any atom is -0.208 e. The molecule has 0 amide bonds. The highest BCUT2D eigenvalue weighted by atomic mass is 15.0. The number of benzene rings is 8. The van der Waals surface area contributed by atoms with Crippen molar-refractivity contribution < 1.29 is 0 Å². The van der Waals surface area contributed by atoms with Crippen molar-refractivity contribution in [3.8, 4) is 89.8 Å². The van der Waals surface area contributed by atoms with Gasteiger partial charge in [-0.1, -0.05) is 196 Å². The maximum atomic E-state index is 5.13. The summed E-state index contributed by atoms with van der Waals surface area (Å²) in [6, 6.07) is 69.2. The molecule has 0 N–H and O–H groups in total. The topological polar surface area (TPSA) is 38.7 Å². The van der Waals surface area contributed by atoms with Crippen molar-refractivity contribution in [3.05, 3.63) is 210 Å². The molecule has 66 heavy (non-hydrogen) atoms. The van der Waals surface area contributed by atoms with Crippen LogP contribution >= 0.6 is 0 Å². The third-order valence-electron chi connectivity index (χ3n) is 15.7. The first kappa shape index (κ1) is 39.2. The maximum Gasteiger partial charge on any atom is 0.164 e. The summed E-state index contributed by atoms with van der Waals surface area (Å²) in [5.41, 5.74) is 22.5. The van der Waals surface area contributed by atoms with Crippen molar-refractivity contribution in [2.45, 2.75) is 75.0 Å². The molecular formula is C63H51N3. The first-order valence-corrected chi connectivity index (χ1v) is 24.3. The van der Waals surface area contributed by atoms with E-state index in [-0.39, 0.29) is 10.8 Å². The van der Waals surface area contributed by atoms with Crippen LogP contribution < -0.4 is 0 Å². The Kier molecular flexibility index (Phi) is 9.34. The zero-order valence-electron chi connectivity index (χ0n) is 37.3. The lowest BCUT2D eigenvalue weighted by molar-refractivity contribution is 0.350. The number of rotatable bonds is 6. The van der Waals surface area contributed by atoms with Crippen molar-refractivity contribution in [2.24, 2.45) is 0 Å². The van der Waals surface area contributed by atoms with Gasteiger partial charge in [0.25, 0.3) is 0 Å². The van der Waals surface area contributed by atoms with Crippen molar-refractivity contribution in [2.75, 3.05) is 0 Å². The van der Waals surface area contributed by atoms with E-state index in [1.54, 1.807) is 22.3 Å². The molecule has 3 heteroatoms. The highest BCUT2D eigenvalue weighted by Gasteiger charge is 2.49. The van der Waals surface area contributed by atoms with Crippen LogP contribution in [-0.2, 0) is 10.8 Å². The number of nitrogens with zero attached hydrogens (tertiary/aromatic N) is 3. The van der Waals surface area contributed by atoms with Gasteiger partial charge in [-0.3, -0.25) is 0 Å². The van der Waals surface area contributed by atoms with Gasteiger partial charge in [-0.2, -0.15) is 0 Å². The van der Waals surface area contributed by atoms with Gasteiger partial charge in [-0.05, 0) is 134 Å². The molecule has 2 saturated carbocycles. The van der Waals surface area contributed by atoms with E-state index in [1.807, 2.05) is 24.3 Å². The third-order valence-corrected chi connectivity index (χ3v) is 15.7. The van der Waals surface area contributed by atoms with Crippen molar-refractivity contribution in [1.82, 2.24) is 15.0 Å². The van der Waals surface area contributed by atoms with Crippen molar-refractivity contribution in [1.29, 1.82) is 0 Å². The van der Waals surface area contributed by atoms with Crippen LogP contribution in [0.25, 0.3) is 89.8 Å². The highest BCUT2D eigenvalue weighted by molar-refractivity contribution is 5.92. The van der Waals surface area contributed by atoms with Crippen molar-refractivity contribution in [3.63, 3.8) is 0 Å². The summed E-state index contributed by atoms with van der Waals surface area (Å²) >= 11 is 0. The van der Waals surface area contributed by atoms with Crippen LogP contribution in [0.15, 0.2) is 188 Å². The molecule has 3 nitrogen and oxygen atoms in total. The van der Waals surface area contributed by atoms with Gasteiger partial charge in [0, 0.05) is 27.5 Å². The van der Waals surface area contributed by atoms with E-state index in [4.69, 9.17) is 15.0 Å². The van der Waals surface area contributed by atoms with Crippen LogP contribution in [0.3, 0.4) is 0 Å². The molecular weight excluding hydrogens is 799 g/mol. The van der Waals surface area contributed by atoms with Gasteiger partial charge in [0.2, 0.25) is 0 Å². The van der Waals surface area contributed by atoms with Crippen LogP contribution in [-0.4, -0.2) is 15.0 Å². The minimum absolute atomic E-state index is 0.0942. The lowest BCUT2D eigenvalue weighted by Gasteiger charge is -2.37. The Labute approximate surface area is 388 Å². The Bertz CT molecular complexity index is 3300. The quantitative estimate of drug-likeness (QED) is 0.167. The Hall–Kier alpha value is -7.23. The zero-order chi connectivity index (χ0) is 43.7. The SMILES string of the molecule is c1ccc(-c2ccc(-c3nc(-c4ccccc4)nc(-c4cccc(-c5cccc(-c6ccc7c(c6)-c6cc8c(cc6C76CCCCC6)-c6ccccc6C86CCCCC6)c5)c4)n3)cc2)cc1. The average molecular weight is 850 g/mol. The van der Waals surface area contributed by atoms with E-state index in [2.05, 4.69) is 164 Å². The van der Waals surface area contributed by atoms with Gasteiger partial charge in [-0.15, -0.1) is 0 Å². The van der Waals surface area contributed by atoms with Crippen LogP contribution in [0.1, 0.15) is 86.5 Å². The Morgan fingerprint density at radius 3 is 1.23 bits per heavy atom. The zero-order valence-corrected chi connectivity index (χ0v) is 37.3. The fourth-order valence-electron chi connectivity index (χ4n) is 12.5. The number of fused-ring (bicyclic) bond motifs is 10. The summed E-state index contributed by atoms with van der Waals surface area (Å²) in [6.45, 7) is 0. The minimum atomic E-state index is 0.0942. The lowest BCUT2D eigenvalue weighted by Crippen LogP contribution is -2.29. The van der Waals surface area contributed by atoms with E-state index in [0.717, 1.165) is 27.8 Å². The smallest absolute Gasteiger partial charge is 0.164 e. The highest BCUT2D eigenvalue weighted by Crippen LogP contribution is 2.62. The van der Waals surface area contributed by atoms with Crippen LogP contribution in [0, 0.1) is 0 Å². The standard InChI is InChI=1S/C63H51N3/c1-5-17-42(18-6-1)43-27-29-45(30-28-43)60-64-59(44-19-7-2-8-20-44)65-61(66-60)50-24-16-23-48(38-50)46-21-15-22-47(37-46)49-31-32-56-52(39-49)54-41-57-53(40-58(54)63(56)35-13-4-14-36-63)51-25-9-10-26-55(51)62(57)33-11-3-12-34-62/h1-2,5-10,15-32,37-41H,3-4,11-14,33-36H2. The average Bonchev–Trinajstić information content (AvgIpc) is 3.80. The second-order valence-corrected chi connectivity index (χ2v) is 19.3. The molecule has 0 bridgehead atoms. The summed E-state index contributed by atoms with van der Waals surface area (Å²) in [5.74, 6) is 1.97. The van der Waals surface area contributed by atoms with E-state index >= 15 is 0 Å². The van der Waals surface area contributed by atoms with E-state index in [1.165, 1.54) is 109 Å².